The van der Waals surface area contributed by atoms with Crippen molar-refractivity contribution < 1.29 is 10.3 Å². The Morgan fingerprint density at radius 2 is 1.71 bits per heavy atom. The van der Waals surface area contributed by atoms with Gasteiger partial charge in [-0.25, -0.2) is 0 Å². The predicted molar refractivity (Wildman–Crippen MR) is 58.3 cm³/mol. The third-order valence-electron chi connectivity index (χ3n) is 2.02. The van der Waals surface area contributed by atoms with E-state index in [1.165, 1.54) is 0 Å². The van der Waals surface area contributed by atoms with Gasteiger partial charge in [-0.15, -0.1) is 12.4 Å². The summed E-state index contributed by atoms with van der Waals surface area (Å²) in [6.45, 7) is 0. The average molecular weight is 212 g/mol. The van der Waals surface area contributed by atoms with Crippen LogP contribution in [0, 0.1) is 0 Å². The molecule has 3 nitrogen and oxygen atoms in total. The van der Waals surface area contributed by atoms with Crippen LogP contribution in [-0.2, 0) is 0 Å². The van der Waals surface area contributed by atoms with Gasteiger partial charge in [0.05, 0.1) is 0 Å². The number of aromatic hydroxyl groups is 1. The number of phenolic OH excluding ortho intramolecular Hbond substituents is 1. The van der Waals surface area contributed by atoms with E-state index in [1.807, 2.05) is 29.7 Å². The summed E-state index contributed by atoms with van der Waals surface area (Å²) in [5.74, 6) is 0.0700. The first kappa shape index (κ1) is 10.6. The zero-order chi connectivity index (χ0) is 9.26. The summed E-state index contributed by atoms with van der Waals surface area (Å²) in [4.78, 5) is 0. The monoisotopic (exact) mass is 211 g/mol. The van der Waals surface area contributed by atoms with Crippen LogP contribution >= 0.6 is 12.4 Å². The van der Waals surface area contributed by atoms with Gasteiger partial charge in [-0.3, -0.25) is 10.7 Å². The second kappa shape index (κ2) is 4.17. The first-order valence-corrected chi connectivity index (χ1v) is 3.94. The van der Waals surface area contributed by atoms with Gasteiger partial charge < -0.3 is 5.11 Å². The van der Waals surface area contributed by atoms with E-state index in [9.17, 15) is 5.11 Å². The van der Waals surface area contributed by atoms with Gasteiger partial charge in [0, 0.05) is 5.39 Å². The first-order valence-electron chi connectivity index (χ1n) is 3.94. The molecule has 0 heterocycles. The number of benzene rings is 2. The van der Waals surface area contributed by atoms with Gasteiger partial charge in [0.15, 0.2) is 0 Å². The molecule has 14 heavy (non-hydrogen) atoms. The normalized spacial score (nSPS) is 9.50. The van der Waals surface area contributed by atoms with Gasteiger partial charge in [-0.1, -0.05) is 30.3 Å². The summed E-state index contributed by atoms with van der Waals surface area (Å²) in [7, 11) is 0. The van der Waals surface area contributed by atoms with Crippen molar-refractivity contribution in [2.75, 3.05) is 5.48 Å². The lowest BCUT2D eigenvalue weighted by molar-refractivity contribution is 0.382. The van der Waals surface area contributed by atoms with Gasteiger partial charge in [0.2, 0.25) is 0 Å². The molecule has 2 rings (SSSR count). The van der Waals surface area contributed by atoms with Crippen LogP contribution in [0.1, 0.15) is 0 Å². The van der Waals surface area contributed by atoms with Crippen molar-refractivity contribution in [3.63, 3.8) is 0 Å². The summed E-state index contributed by atoms with van der Waals surface area (Å²) < 4.78 is 0. The molecule has 0 saturated carbocycles. The van der Waals surface area contributed by atoms with Crippen LogP contribution in [0.4, 0.5) is 5.69 Å². The molecule has 0 aliphatic carbocycles. The van der Waals surface area contributed by atoms with Crippen molar-refractivity contribution >= 4 is 28.9 Å². The van der Waals surface area contributed by atoms with Crippen LogP contribution < -0.4 is 5.48 Å². The predicted octanol–water partition coefficient (Wildman–Crippen LogP) is 2.77. The molecule has 0 aromatic heterocycles. The van der Waals surface area contributed by atoms with Crippen LogP contribution in [0.3, 0.4) is 0 Å². The Kier molecular flexibility index (Phi) is 3.17. The van der Waals surface area contributed by atoms with E-state index in [0.29, 0.717) is 5.69 Å². The molecule has 0 aliphatic heterocycles. The largest absolute Gasteiger partial charge is 0.505 e. The van der Waals surface area contributed by atoms with Crippen molar-refractivity contribution in [3.8, 4) is 5.75 Å². The maximum Gasteiger partial charge on any atom is 0.148 e. The summed E-state index contributed by atoms with van der Waals surface area (Å²) >= 11 is 0. The van der Waals surface area contributed by atoms with E-state index in [4.69, 9.17) is 5.21 Å². The second-order valence-corrected chi connectivity index (χ2v) is 2.79. The molecule has 0 aliphatic rings. The number of halogens is 1. The molecule has 74 valence electrons. The van der Waals surface area contributed by atoms with Crippen molar-refractivity contribution in [1.82, 2.24) is 0 Å². The highest BCUT2D eigenvalue weighted by atomic mass is 35.5. The van der Waals surface area contributed by atoms with E-state index in [0.717, 1.165) is 10.8 Å². The second-order valence-electron chi connectivity index (χ2n) is 2.79. The van der Waals surface area contributed by atoms with Crippen LogP contribution in [0.15, 0.2) is 36.4 Å². The number of nitrogens with one attached hydrogen (secondary N) is 1. The number of hydrogen-bond acceptors (Lipinski definition) is 3. The molecular weight excluding hydrogens is 202 g/mol. The highest BCUT2D eigenvalue weighted by molar-refractivity contribution is 5.92. The summed E-state index contributed by atoms with van der Waals surface area (Å²) in [6.07, 6.45) is 0. The number of fused-ring (bicyclic) bond motifs is 1. The Balaban J connectivity index is 0.000000980. The van der Waals surface area contributed by atoms with Crippen LogP contribution in [0.5, 0.6) is 5.75 Å². The minimum Gasteiger partial charge on any atom is -0.505 e. The van der Waals surface area contributed by atoms with Crippen LogP contribution in [0.2, 0.25) is 0 Å². The number of rotatable bonds is 1. The number of anilines is 1. The maximum atomic E-state index is 9.63. The van der Waals surface area contributed by atoms with Gasteiger partial charge in [0.25, 0.3) is 0 Å². The fourth-order valence-corrected chi connectivity index (χ4v) is 1.35. The highest BCUT2D eigenvalue weighted by Gasteiger charge is 2.03. The first-order chi connectivity index (χ1) is 6.33. The molecular formula is C10H10ClNO2. The van der Waals surface area contributed by atoms with Crippen molar-refractivity contribution in [1.29, 1.82) is 0 Å². The highest BCUT2D eigenvalue weighted by Crippen LogP contribution is 2.31. The van der Waals surface area contributed by atoms with Crippen molar-refractivity contribution in [3.05, 3.63) is 36.4 Å². The number of hydrogen-bond donors (Lipinski definition) is 3. The molecule has 3 N–H and O–H groups in total. The molecule has 2 aromatic rings. The molecule has 4 heteroatoms. The van der Waals surface area contributed by atoms with Gasteiger partial charge in [0.1, 0.15) is 11.4 Å². The molecule has 0 atom stereocenters. The molecule has 0 amide bonds. The standard InChI is InChI=1S/C10H9NO2.ClH/c12-10-8-4-2-1-3-7(8)5-6-9(10)11-13;/h1-6,11-13H;1H. The molecule has 2 aromatic carbocycles. The average Bonchev–Trinajstić information content (AvgIpc) is 2.19. The Morgan fingerprint density at radius 1 is 1.00 bits per heavy atom. The Hall–Kier alpha value is -1.45. The fraction of sp³-hybridized carbons (Fsp3) is 0. The quantitative estimate of drug-likeness (QED) is 0.502. The number of phenols is 1. The van der Waals surface area contributed by atoms with E-state index >= 15 is 0 Å². The van der Waals surface area contributed by atoms with Crippen LogP contribution in [0.25, 0.3) is 10.8 Å². The van der Waals surface area contributed by atoms with Crippen molar-refractivity contribution in [2.24, 2.45) is 0 Å². The van der Waals surface area contributed by atoms with Gasteiger partial charge in [-0.2, -0.15) is 0 Å². The third kappa shape index (κ3) is 1.60. The molecule has 0 radical (unpaired) electrons. The SMILES string of the molecule is Cl.ONc1ccc2ccccc2c1O. The Bertz CT molecular complexity index is 445. The molecule has 0 bridgehead atoms. The van der Waals surface area contributed by atoms with Gasteiger partial charge >= 0.3 is 0 Å². The minimum absolute atomic E-state index is 0. The zero-order valence-corrected chi connectivity index (χ0v) is 8.08. The maximum absolute atomic E-state index is 9.63. The Morgan fingerprint density at radius 3 is 2.43 bits per heavy atom. The lowest BCUT2D eigenvalue weighted by Gasteiger charge is -2.05. The topological polar surface area (TPSA) is 52.5 Å². The molecule has 0 fully saturated rings. The zero-order valence-electron chi connectivity index (χ0n) is 7.27. The lowest BCUT2D eigenvalue weighted by Crippen LogP contribution is -1.89. The lowest BCUT2D eigenvalue weighted by atomic mass is 10.1. The summed E-state index contributed by atoms with van der Waals surface area (Å²) in [6, 6.07) is 10.9. The van der Waals surface area contributed by atoms with Gasteiger partial charge in [-0.05, 0) is 11.5 Å². The van der Waals surface area contributed by atoms with Crippen LogP contribution in [-0.4, -0.2) is 10.3 Å². The summed E-state index contributed by atoms with van der Waals surface area (Å²) in [5, 5.41) is 20.0. The Labute approximate surface area is 87.4 Å². The minimum atomic E-state index is 0. The van der Waals surface area contributed by atoms with E-state index in [1.54, 1.807) is 12.1 Å². The van der Waals surface area contributed by atoms with E-state index in [-0.39, 0.29) is 18.2 Å². The van der Waals surface area contributed by atoms with E-state index < -0.39 is 0 Å². The summed E-state index contributed by atoms with van der Waals surface area (Å²) in [5.41, 5.74) is 2.26. The fourth-order valence-electron chi connectivity index (χ4n) is 1.35. The molecule has 0 unspecified atom stereocenters. The molecule has 0 spiro atoms. The van der Waals surface area contributed by atoms with Crippen molar-refractivity contribution in [2.45, 2.75) is 0 Å². The smallest absolute Gasteiger partial charge is 0.148 e. The molecule has 0 saturated heterocycles. The third-order valence-corrected chi connectivity index (χ3v) is 2.02. The van der Waals surface area contributed by atoms with E-state index in [2.05, 4.69) is 0 Å².